The Labute approximate surface area is 689 Å². The molecule has 0 bridgehead atoms. The summed E-state index contributed by atoms with van der Waals surface area (Å²) in [6.07, 6.45) is 0.854. The minimum atomic E-state index is -1.79. The number of aliphatic imine (C=N–C) groups is 1. The summed E-state index contributed by atoms with van der Waals surface area (Å²) in [5, 5.41) is 78.2. The number of carbonyl (C=O) groups is 17. The number of imidazole rings is 1. The van der Waals surface area contributed by atoms with Crippen LogP contribution in [0.2, 0.25) is 0 Å². The van der Waals surface area contributed by atoms with Gasteiger partial charge in [-0.2, -0.15) is 0 Å². The Morgan fingerprint density at radius 3 is 1.47 bits per heavy atom. The number of carboxylic acid groups (broad SMARTS) is 4. The molecule has 25 N–H and O–H groups in total. The molecule has 1 aromatic heterocycles. The summed E-state index contributed by atoms with van der Waals surface area (Å²) >= 11 is 0. The number of aliphatic hydroxyl groups is 1. The highest BCUT2D eigenvalue weighted by Crippen LogP contribution is 2.28. The minimum absolute atomic E-state index is 0.00214. The van der Waals surface area contributed by atoms with Crippen molar-refractivity contribution in [3.8, 4) is 0 Å². The van der Waals surface area contributed by atoms with Crippen LogP contribution in [0.3, 0.4) is 0 Å². The molecule has 2 fully saturated rings. The molecule has 2 aromatic rings. The van der Waals surface area contributed by atoms with Crippen molar-refractivity contribution >= 4 is 107 Å². The Bertz CT molecular complexity index is 3770. The number of unbranched alkanes of at least 4 members (excludes halogenated alkanes) is 2. The number of carboxylic acids is 4. The minimum Gasteiger partial charge on any atom is -0.481 e. The molecule has 13 amide bonds. The van der Waals surface area contributed by atoms with Gasteiger partial charge in [-0.3, -0.25) is 81.7 Å². The highest BCUT2D eigenvalue weighted by molar-refractivity contribution is 6.00. The summed E-state index contributed by atoms with van der Waals surface area (Å²) < 4.78 is 0. The van der Waals surface area contributed by atoms with E-state index >= 15 is 4.79 Å². The van der Waals surface area contributed by atoms with Crippen LogP contribution in [-0.2, 0) is 94.3 Å². The van der Waals surface area contributed by atoms with Crippen LogP contribution in [0.25, 0.3) is 0 Å². The summed E-state index contributed by atoms with van der Waals surface area (Å²) in [5.41, 5.74) is 23.1. The lowest BCUT2D eigenvalue weighted by atomic mass is 9.86. The Morgan fingerprint density at radius 1 is 0.504 bits per heavy atom. The topological polar surface area (TPSA) is 675 Å². The predicted molar refractivity (Wildman–Crippen MR) is 428 cm³/mol. The van der Waals surface area contributed by atoms with Crippen LogP contribution >= 0.6 is 0 Å². The maximum atomic E-state index is 15.1. The van der Waals surface area contributed by atoms with Gasteiger partial charge in [0.05, 0.1) is 37.7 Å². The maximum Gasteiger partial charge on any atom is 0.326 e. The lowest BCUT2D eigenvalue weighted by molar-refractivity contribution is -0.146. The number of hydrogen-bond acceptors (Lipinski definition) is 22. The largest absolute Gasteiger partial charge is 0.481 e. The second kappa shape index (κ2) is 51.0. The zero-order valence-electron chi connectivity index (χ0n) is 68.5. The number of carbonyl (C=O) groups excluding carboxylic acids is 13. The van der Waals surface area contributed by atoms with E-state index in [4.69, 9.17) is 22.9 Å². The number of nitrogens with two attached hydrogens (primary N) is 4. The molecule has 2 aliphatic rings. The molecule has 0 radical (unpaired) electrons. The number of aromatic nitrogens is 2. The van der Waals surface area contributed by atoms with Gasteiger partial charge >= 0.3 is 23.9 Å². The van der Waals surface area contributed by atoms with Crippen molar-refractivity contribution < 1.29 is 107 Å². The van der Waals surface area contributed by atoms with Crippen molar-refractivity contribution in [3.05, 3.63) is 54.1 Å². The molecule has 4 rings (SSSR count). The van der Waals surface area contributed by atoms with Gasteiger partial charge < -0.3 is 122 Å². The first-order valence-corrected chi connectivity index (χ1v) is 40.2. The van der Waals surface area contributed by atoms with Gasteiger partial charge in [-0.15, -0.1) is 0 Å². The van der Waals surface area contributed by atoms with Crippen molar-refractivity contribution in [3.63, 3.8) is 0 Å². The third-order valence-electron chi connectivity index (χ3n) is 19.9. The van der Waals surface area contributed by atoms with Gasteiger partial charge in [0.1, 0.15) is 72.5 Å². The van der Waals surface area contributed by atoms with E-state index in [1.807, 2.05) is 0 Å². The number of rotatable bonds is 54. The number of aromatic amines is 1. The molecular weight excluding hydrogens is 1560 g/mol. The molecule has 42 nitrogen and oxygen atoms in total. The van der Waals surface area contributed by atoms with Gasteiger partial charge in [0, 0.05) is 57.7 Å². The van der Waals surface area contributed by atoms with Gasteiger partial charge in [0.2, 0.25) is 76.8 Å². The SMILES string of the molecule is CC(=O)N[C@@H](CC(=O)O)C(=O)N[C@@H](CCCCN)C(=O)N[C@@H](CCC(=O)O)C(=O)N[C@@H](Cc1ccccc1)C(=O)N[C@@H](CC(C)C)C(=O)NC(Cc1cnc[nH]1)C(=O)N1CCC[C@H]1C(=O)N[C@@H](CO)C(=O)N[C@@H](CCCCN)C(=O)N[C@H](C(=O)N[C@@H](CC(=O)O)[C@@H](CC(C)C)C(=O)N1CCC[C@H]1C(=O)N[C@@H](CCCN=C(N)N)C(=O)O)C(C)C. The number of nitrogens with zero attached hydrogens (tertiary/aromatic N) is 4. The Hall–Kier alpha value is -11.4. The fourth-order valence-electron chi connectivity index (χ4n) is 13.9. The van der Waals surface area contributed by atoms with Gasteiger partial charge in [-0.25, -0.2) is 9.78 Å². The van der Waals surface area contributed by atoms with Crippen LogP contribution in [0, 0.1) is 23.7 Å². The van der Waals surface area contributed by atoms with Crippen LogP contribution in [0.5, 0.6) is 0 Å². The highest BCUT2D eigenvalue weighted by Gasteiger charge is 2.45. The molecule has 0 saturated carbocycles. The second-order valence-corrected chi connectivity index (χ2v) is 31.0. The van der Waals surface area contributed by atoms with E-state index in [2.05, 4.69) is 73.4 Å². The zero-order valence-corrected chi connectivity index (χ0v) is 68.5. The lowest BCUT2D eigenvalue weighted by Gasteiger charge is -2.35. The number of hydrogen-bond donors (Lipinski definition) is 21. The molecule has 1 aromatic carbocycles. The first kappa shape index (κ1) is 99.9. The number of benzene rings is 1. The summed E-state index contributed by atoms with van der Waals surface area (Å²) in [6.45, 7) is 10.5. The number of aliphatic carboxylic acids is 4. The summed E-state index contributed by atoms with van der Waals surface area (Å²) in [7, 11) is 0. The standard InChI is InChI=1S/C77H122N20O22/c1-41(2)32-47(74(116)96-30-16-23-58(96)71(113)89-51(76(118)119)22-15-29-83-77(80)81)52(36-61(102)103)90-73(115)63(43(5)6)95-66(108)49(21-12-14-28-79)87-70(112)57(39-98)94-72(114)59-24-17-31-97(59)75(117)56(35-46-38-82-40-84-46)93-67(109)53(33-42(3)4)91-68(110)54(34-45-18-9-8-10-19-45)92-65(107)50(25-26-60(100)101)88-64(106)48(20-11-13-27-78)86-69(111)55(37-62(104)105)85-44(7)99/h8-10,18-19,38,40-43,47-59,63,98H,11-17,20-37,39,78-79H2,1-7H3,(H,82,84)(H,85,99)(H,86,111)(H,87,112)(H,88,106)(H,89,113)(H,90,115)(H,91,110)(H,92,107)(H,93,109)(H,94,114)(H,95,108)(H,100,101)(H,102,103)(H,104,105)(H,118,119)(H4,80,81,83)/t47-,48+,49+,50+,51+,52+,53+,54+,55+,56?,57+,58+,59+,63+/m1/s1. The number of guanidine groups is 1. The van der Waals surface area contributed by atoms with Crippen LogP contribution in [0.15, 0.2) is 47.8 Å². The van der Waals surface area contributed by atoms with Crippen molar-refractivity contribution in [2.75, 3.05) is 39.3 Å². The molecule has 42 heteroatoms. The first-order chi connectivity index (χ1) is 56.3. The van der Waals surface area contributed by atoms with Crippen LogP contribution in [0.1, 0.15) is 175 Å². The molecule has 662 valence electrons. The number of aliphatic hydroxyl groups excluding tert-OH is 1. The Morgan fingerprint density at radius 2 is 0.983 bits per heavy atom. The molecule has 2 aliphatic heterocycles. The number of likely N-dealkylation sites (tertiary alicyclic amines) is 2. The number of amides is 13. The molecular formula is C77H122N20O22. The van der Waals surface area contributed by atoms with Crippen molar-refractivity contribution in [1.82, 2.24) is 78.3 Å². The quantitative estimate of drug-likeness (QED) is 0.0171. The smallest absolute Gasteiger partial charge is 0.326 e. The fraction of sp³-hybridized carbons (Fsp3) is 0.649. The zero-order chi connectivity index (χ0) is 88.8. The molecule has 2 saturated heterocycles. The fourth-order valence-corrected chi connectivity index (χ4v) is 13.9. The van der Waals surface area contributed by atoms with E-state index in [0.717, 1.165) is 11.8 Å². The van der Waals surface area contributed by atoms with Crippen LogP contribution < -0.4 is 81.4 Å². The third-order valence-corrected chi connectivity index (χ3v) is 19.9. The van der Waals surface area contributed by atoms with E-state index < -0.39 is 223 Å². The van der Waals surface area contributed by atoms with Gasteiger partial charge in [-0.1, -0.05) is 71.9 Å². The summed E-state index contributed by atoms with van der Waals surface area (Å²) in [6, 6.07) is -11.2. The number of nitrogens with one attached hydrogen (secondary N) is 12. The van der Waals surface area contributed by atoms with E-state index in [1.165, 1.54) is 17.4 Å². The van der Waals surface area contributed by atoms with Gasteiger partial charge in [-0.05, 0) is 133 Å². The second-order valence-electron chi connectivity index (χ2n) is 31.0. The molecule has 14 atom stereocenters. The average Bonchev–Trinajstić information content (AvgIpc) is 1.68. The number of H-pyrrole nitrogens is 1. The third kappa shape index (κ3) is 34.6. The van der Waals surface area contributed by atoms with E-state index in [0.29, 0.717) is 30.5 Å². The molecule has 1 unspecified atom stereocenters. The van der Waals surface area contributed by atoms with Crippen molar-refractivity contribution in [2.24, 2.45) is 51.6 Å². The monoisotopic (exact) mass is 1680 g/mol. The van der Waals surface area contributed by atoms with Gasteiger partial charge in [0.15, 0.2) is 5.96 Å². The van der Waals surface area contributed by atoms with Crippen molar-refractivity contribution in [2.45, 2.75) is 255 Å². The van der Waals surface area contributed by atoms with E-state index in [1.54, 1.807) is 71.9 Å². The molecule has 0 aliphatic carbocycles. The molecule has 0 spiro atoms. The highest BCUT2D eigenvalue weighted by atomic mass is 16.4. The average molecular weight is 1680 g/mol. The Balaban J connectivity index is 1.59. The molecule has 3 heterocycles. The molecule has 119 heavy (non-hydrogen) atoms. The lowest BCUT2D eigenvalue weighted by Crippen LogP contribution is -2.61. The predicted octanol–water partition coefficient (Wildman–Crippen LogP) is -3.90. The van der Waals surface area contributed by atoms with E-state index in [9.17, 15) is 102 Å². The Kier molecular flexibility index (Phi) is 42.8. The van der Waals surface area contributed by atoms with Crippen molar-refractivity contribution in [1.29, 1.82) is 0 Å². The van der Waals surface area contributed by atoms with E-state index in [-0.39, 0.29) is 134 Å². The van der Waals surface area contributed by atoms with Gasteiger partial charge in [0.25, 0.3) is 0 Å². The van der Waals surface area contributed by atoms with Crippen LogP contribution in [0.4, 0.5) is 0 Å². The maximum absolute atomic E-state index is 15.1. The summed E-state index contributed by atoms with van der Waals surface area (Å²) in [4.78, 5) is 247. The summed E-state index contributed by atoms with van der Waals surface area (Å²) in [5.74, 6) is -20.4. The normalized spacial score (nSPS) is 16.8. The first-order valence-electron chi connectivity index (χ1n) is 40.2. The van der Waals surface area contributed by atoms with Crippen LogP contribution in [-0.4, -0.2) is 270 Å².